The summed E-state index contributed by atoms with van der Waals surface area (Å²) in [5.41, 5.74) is 0.536. The predicted molar refractivity (Wildman–Crippen MR) is 101 cm³/mol. The Morgan fingerprint density at radius 3 is 2.35 bits per heavy atom. The van der Waals surface area contributed by atoms with Gasteiger partial charge >= 0.3 is 0 Å². The zero-order valence-corrected chi connectivity index (χ0v) is 16.6. The molecule has 0 unspecified atom stereocenters. The number of nitrogens with zero attached hydrogens (tertiary/aromatic N) is 2. The van der Waals surface area contributed by atoms with Crippen molar-refractivity contribution in [2.24, 2.45) is 0 Å². The second-order valence-corrected chi connectivity index (χ2v) is 8.51. The number of unbranched alkanes of at least 4 members (excludes halogenated alkanes) is 2. The smallest absolute Gasteiger partial charge is 0.279 e. The normalized spacial score (nSPS) is 16.3. The minimum Gasteiger partial charge on any atom is -0.472 e. The molecular weight excluding hydrogens is 354 g/mol. The summed E-state index contributed by atoms with van der Waals surface area (Å²) in [5, 5.41) is 0. The first-order chi connectivity index (χ1) is 12.5. The average Bonchev–Trinajstić information content (AvgIpc) is 3.16. The number of hydrogen-bond acceptors (Lipinski definition) is 4. The van der Waals surface area contributed by atoms with Gasteiger partial charge in [-0.1, -0.05) is 26.7 Å². The Morgan fingerprint density at radius 2 is 1.85 bits per heavy atom. The molecule has 0 atom stereocenters. The Labute approximate surface area is 156 Å². The van der Waals surface area contributed by atoms with Gasteiger partial charge < -0.3 is 9.32 Å². The van der Waals surface area contributed by atoms with E-state index < -0.39 is 10.2 Å². The molecule has 1 aromatic heterocycles. The fraction of sp³-hybridized carbons (Fsp3) is 0.722. The van der Waals surface area contributed by atoms with Crippen LogP contribution >= 0.6 is 0 Å². The number of carbonyl (C=O) groups excluding carboxylic acids is 1. The van der Waals surface area contributed by atoms with Gasteiger partial charge in [-0.2, -0.15) is 17.4 Å². The summed E-state index contributed by atoms with van der Waals surface area (Å²) in [6.07, 6.45) is 7.83. The monoisotopic (exact) mass is 385 g/mol. The maximum absolute atomic E-state index is 12.7. The minimum absolute atomic E-state index is 0.0624. The molecule has 1 N–H and O–H groups in total. The summed E-state index contributed by atoms with van der Waals surface area (Å²) >= 11 is 0. The Bertz CT molecular complexity index is 629. The van der Waals surface area contributed by atoms with E-state index in [9.17, 15) is 13.2 Å². The third-order valence-corrected chi connectivity index (χ3v) is 6.40. The number of amides is 1. The summed E-state index contributed by atoms with van der Waals surface area (Å²) in [6, 6.07) is 1.52. The van der Waals surface area contributed by atoms with Crippen LogP contribution in [0.15, 0.2) is 23.0 Å². The van der Waals surface area contributed by atoms with E-state index in [4.69, 9.17) is 4.42 Å². The molecule has 1 aliphatic rings. The Kier molecular flexibility index (Phi) is 8.12. The van der Waals surface area contributed by atoms with Gasteiger partial charge in [-0.15, -0.1) is 0 Å². The van der Waals surface area contributed by atoms with Gasteiger partial charge in [0.25, 0.3) is 16.1 Å². The summed E-state index contributed by atoms with van der Waals surface area (Å²) in [4.78, 5) is 14.1. The SMILES string of the molecule is CCCCN(CCCC)S(=O)(=O)NC1CCN(C(=O)c2ccoc2)CC1. The number of likely N-dealkylation sites (tertiary alicyclic amines) is 1. The number of piperidine rings is 1. The van der Waals surface area contributed by atoms with Gasteiger partial charge in [-0.05, 0) is 31.7 Å². The van der Waals surface area contributed by atoms with Crippen LogP contribution in [-0.4, -0.2) is 55.8 Å². The lowest BCUT2D eigenvalue weighted by atomic mass is 10.1. The number of nitrogens with one attached hydrogen (secondary N) is 1. The molecule has 1 saturated heterocycles. The number of carbonyl (C=O) groups is 1. The largest absolute Gasteiger partial charge is 0.472 e. The standard InChI is InChI=1S/C18H31N3O4S/c1-3-5-10-21(11-6-4-2)26(23,24)19-17-7-12-20(13-8-17)18(22)16-9-14-25-15-16/h9,14-15,17,19H,3-8,10-13H2,1-2H3. The third kappa shape index (κ3) is 5.82. The molecule has 0 spiro atoms. The molecule has 0 aromatic carbocycles. The van der Waals surface area contributed by atoms with Crippen molar-refractivity contribution in [3.8, 4) is 0 Å². The Morgan fingerprint density at radius 1 is 1.23 bits per heavy atom. The number of hydrogen-bond donors (Lipinski definition) is 1. The van der Waals surface area contributed by atoms with Crippen LogP contribution in [0.3, 0.4) is 0 Å². The molecule has 2 heterocycles. The Balaban J connectivity index is 1.88. The molecule has 0 bridgehead atoms. The first kappa shape index (κ1) is 20.9. The highest BCUT2D eigenvalue weighted by molar-refractivity contribution is 7.87. The van der Waals surface area contributed by atoms with Crippen LogP contribution in [0.2, 0.25) is 0 Å². The van der Waals surface area contributed by atoms with Crippen LogP contribution in [0.1, 0.15) is 62.7 Å². The summed E-state index contributed by atoms with van der Waals surface area (Å²) in [6.45, 7) is 6.32. The van der Waals surface area contributed by atoms with Crippen molar-refractivity contribution in [2.75, 3.05) is 26.2 Å². The molecular formula is C18H31N3O4S. The van der Waals surface area contributed by atoms with E-state index in [-0.39, 0.29) is 11.9 Å². The van der Waals surface area contributed by atoms with E-state index in [1.165, 1.54) is 12.5 Å². The van der Waals surface area contributed by atoms with Crippen LogP contribution in [0.5, 0.6) is 0 Å². The van der Waals surface area contributed by atoms with Crippen molar-refractivity contribution in [3.63, 3.8) is 0 Å². The predicted octanol–water partition coefficient (Wildman–Crippen LogP) is 2.62. The maximum Gasteiger partial charge on any atom is 0.279 e. The van der Waals surface area contributed by atoms with Crippen LogP contribution in [0, 0.1) is 0 Å². The van der Waals surface area contributed by atoms with E-state index in [0.29, 0.717) is 44.6 Å². The van der Waals surface area contributed by atoms with Gasteiger partial charge in [0.05, 0.1) is 11.8 Å². The van der Waals surface area contributed by atoms with Crippen LogP contribution in [0.25, 0.3) is 0 Å². The molecule has 7 nitrogen and oxygen atoms in total. The van der Waals surface area contributed by atoms with Gasteiger partial charge in [-0.3, -0.25) is 4.79 Å². The third-order valence-electron chi connectivity index (χ3n) is 4.73. The van der Waals surface area contributed by atoms with Crippen molar-refractivity contribution < 1.29 is 17.6 Å². The second kappa shape index (κ2) is 10.1. The summed E-state index contributed by atoms with van der Waals surface area (Å²) < 4.78 is 34.9. The van der Waals surface area contributed by atoms with Gasteiger partial charge in [0.1, 0.15) is 6.26 Å². The van der Waals surface area contributed by atoms with Gasteiger partial charge in [-0.25, -0.2) is 0 Å². The van der Waals surface area contributed by atoms with Crippen LogP contribution in [-0.2, 0) is 10.2 Å². The zero-order valence-electron chi connectivity index (χ0n) is 15.8. The lowest BCUT2D eigenvalue weighted by Gasteiger charge is -2.33. The first-order valence-electron chi connectivity index (χ1n) is 9.56. The van der Waals surface area contributed by atoms with Crippen molar-refractivity contribution in [1.29, 1.82) is 0 Å². The van der Waals surface area contributed by atoms with Crippen LogP contribution in [0.4, 0.5) is 0 Å². The quantitative estimate of drug-likeness (QED) is 0.671. The molecule has 8 heteroatoms. The minimum atomic E-state index is -3.48. The highest BCUT2D eigenvalue weighted by atomic mass is 32.2. The highest BCUT2D eigenvalue weighted by Crippen LogP contribution is 2.16. The summed E-state index contributed by atoms with van der Waals surface area (Å²) in [7, 11) is -3.48. The van der Waals surface area contributed by atoms with Crippen molar-refractivity contribution >= 4 is 16.1 Å². The van der Waals surface area contributed by atoms with Crippen LogP contribution < -0.4 is 4.72 Å². The number of rotatable bonds is 10. The molecule has 1 aliphatic heterocycles. The molecule has 148 valence electrons. The molecule has 2 rings (SSSR count). The summed E-state index contributed by atoms with van der Waals surface area (Å²) in [5.74, 6) is -0.0624. The van der Waals surface area contributed by atoms with Gasteiger partial charge in [0.2, 0.25) is 0 Å². The molecule has 26 heavy (non-hydrogen) atoms. The van der Waals surface area contributed by atoms with E-state index in [1.54, 1.807) is 15.3 Å². The molecule has 1 aromatic rings. The second-order valence-electron chi connectivity index (χ2n) is 6.81. The van der Waals surface area contributed by atoms with E-state index in [1.807, 2.05) is 0 Å². The van der Waals surface area contributed by atoms with Crippen molar-refractivity contribution in [1.82, 2.24) is 13.9 Å². The zero-order chi connectivity index (χ0) is 19.0. The van der Waals surface area contributed by atoms with E-state index >= 15 is 0 Å². The first-order valence-corrected chi connectivity index (χ1v) is 11.0. The fourth-order valence-corrected chi connectivity index (χ4v) is 4.62. The van der Waals surface area contributed by atoms with E-state index in [0.717, 1.165) is 25.7 Å². The Hall–Kier alpha value is -1.38. The molecule has 1 amide bonds. The van der Waals surface area contributed by atoms with E-state index in [2.05, 4.69) is 18.6 Å². The average molecular weight is 386 g/mol. The molecule has 0 radical (unpaired) electrons. The molecule has 1 fully saturated rings. The van der Waals surface area contributed by atoms with Gasteiger partial charge in [0, 0.05) is 32.2 Å². The molecule has 0 aliphatic carbocycles. The van der Waals surface area contributed by atoms with Gasteiger partial charge in [0.15, 0.2) is 0 Å². The van der Waals surface area contributed by atoms with Crippen molar-refractivity contribution in [3.05, 3.63) is 24.2 Å². The molecule has 0 saturated carbocycles. The fourth-order valence-electron chi connectivity index (χ4n) is 3.08. The maximum atomic E-state index is 12.7. The number of furan rings is 1. The van der Waals surface area contributed by atoms with Crippen molar-refractivity contribution in [2.45, 2.75) is 58.4 Å². The lowest BCUT2D eigenvalue weighted by molar-refractivity contribution is 0.0710. The highest BCUT2D eigenvalue weighted by Gasteiger charge is 2.29. The topological polar surface area (TPSA) is 82.9 Å². The lowest BCUT2D eigenvalue weighted by Crippen LogP contribution is -2.50.